The zero-order valence-corrected chi connectivity index (χ0v) is 14.1. The summed E-state index contributed by atoms with van der Waals surface area (Å²) in [6.07, 6.45) is 3.49. The molecule has 4 heteroatoms. The summed E-state index contributed by atoms with van der Waals surface area (Å²) >= 11 is 0. The molecule has 2 fully saturated rings. The van der Waals surface area contributed by atoms with Crippen LogP contribution in [0, 0.1) is 0 Å². The van der Waals surface area contributed by atoms with Crippen molar-refractivity contribution in [2.75, 3.05) is 6.54 Å². The lowest BCUT2D eigenvalue weighted by atomic mass is 10.1. The first kappa shape index (κ1) is 14.8. The molecule has 1 N–H and O–H groups in total. The summed E-state index contributed by atoms with van der Waals surface area (Å²) in [7, 11) is 0. The second-order valence-corrected chi connectivity index (χ2v) is 7.31. The zero-order valence-electron chi connectivity index (χ0n) is 14.1. The number of nitrogens with zero attached hydrogens (tertiary/aromatic N) is 2. The highest BCUT2D eigenvalue weighted by molar-refractivity contribution is 5.52. The second-order valence-electron chi connectivity index (χ2n) is 7.31. The Morgan fingerprint density at radius 3 is 2.44 bits per heavy atom. The molecule has 5 rings (SSSR count). The summed E-state index contributed by atoms with van der Waals surface area (Å²) in [6.45, 7) is 0.939. The molecule has 2 aliphatic carbocycles. The van der Waals surface area contributed by atoms with E-state index in [-0.39, 0.29) is 5.41 Å². The molecule has 0 bridgehead atoms. The number of hydrogen-bond donors (Lipinski definition) is 1. The quantitative estimate of drug-likeness (QED) is 0.744. The van der Waals surface area contributed by atoms with E-state index in [1.54, 1.807) is 0 Å². The van der Waals surface area contributed by atoms with Crippen molar-refractivity contribution >= 4 is 0 Å². The predicted molar refractivity (Wildman–Crippen MR) is 96.2 cm³/mol. The highest BCUT2D eigenvalue weighted by Crippen LogP contribution is 2.48. The van der Waals surface area contributed by atoms with Crippen molar-refractivity contribution in [1.29, 1.82) is 0 Å². The first-order chi connectivity index (χ1) is 12.3. The van der Waals surface area contributed by atoms with Gasteiger partial charge >= 0.3 is 0 Å². The van der Waals surface area contributed by atoms with Crippen molar-refractivity contribution < 1.29 is 4.52 Å². The minimum Gasteiger partial charge on any atom is -0.334 e. The number of hydrogen-bond acceptors (Lipinski definition) is 4. The van der Waals surface area contributed by atoms with Gasteiger partial charge in [0.1, 0.15) is 0 Å². The minimum atomic E-state index is 0.0698. The Balaban J connectivity index is 1.24. The molecule has 1 unspecified atom stereocenters. The molecule has 1 aromatic heterocycles. The lowest BCUT2D eigenvalue weighted by molar-refractivity contribution is 0.409. The van der Waals surface area contributed by atoms with Gasteiger partial charge in [-0.25, -0.2) is 0 Å². The standard InChI is InChI=1S/C21H21N3O/c1-3-7-15(8-4-1)17-13-18(17)22-14-21(11-12-21)20-23-19(25-24-20)16-9-5-2-6-10-16/h1-10,17-18,22H,11-14H2/t17?,18-/m0/s1. The Labute approximate surface area is 147 Å². The smallest absolute Gasteiger partial charge is 0.257 e. The fourth-order valence-electron chi connectivity index (χ4n) is 3.58. The highest BCUT2D eigenvalue weighted by Gasteiger charge is 2.50. The van der Waals surface area contributed by atoms with Crippen LogP contribution in [0.5, 0.6) is 0 Å². The van der Waals surface area contributed by atoms with E-state index >= 15 is 0 Å². The summed E-state index contributed by atoms with van der Waals surface area (Å²) in [5, 5.41) is 8.01. The molecular formula is C21H21N3O. The molecule has 0 radical (unpaired) electrons. The number of benzene rings is 2. The third-order valence-corrected chi connectivity index (χ3v) is 5.50. The van der Waals surface area contributed by atoms with Gasteiger partial charge in [0.05, 0.1) is 0 Å². The van der Waals surface area contributed by atoms with Crippen LogP contribution in [-0.2, 0) is 5.41 Å². The molecule has 0 aliphatic heterocycles. The third-order valence-electron chi connectivity index (χ3n) is 5.50. The maximum absolute atomic E-state index is 5.50. The van der Waals surface area contributed by atoms with E-state index in [9.17, 15) is 0 Å². The van der Waals surface area contributed by atoms with Crippen molar-refractivity contribution in [2.24, 2.45) is 0 Å². The highest BCUT2D eigenvalue weighted by atomic mass is 16.5. The van der Waals surface area contributed by atoms with Crippen molar-refractivity contribution in [2.45, 2.75) is 36.6 Å². The predicted octanol–water partition coefficient (Wildman–Crippen LogP) is 3.91. The molecule has 3 aromatic rings. The summed E-state index contributed by atoms with van der Waals surface area (Å²) in [5.41, 5.74) is 2.49. The topological polar surface area (TPSA) is 51.0 Å². The van der Waals surface area contributed by atoms with Crippen LogP contribution < -0.4 is 5.32 Å². The minimum absolute atomic E-state index is 0.0698. The van der Waals surface area contributed by atoms with E-state index in [4.69, 9.17) is 4.52 Å². The Morgan fingerprint density at radius 2 is 1.72 bits per heavy atom. The van der Waals surface area contributed by atoms with Crippen LogP contribution in [0.25, 0.3) is 11.5 Å². The molecule has 2 aliphatic rings. The van der Waals surface area contributed by atoms with Gasteiger partial charge in [0, 0.05) is 29.5 Å². The van der Waals surface area contributed by atoms with Crippen molar-refractivity contribution in [3.8, 4) is 11.5 Å². The van der Waals surface area contributed by atoms with Gasteiger partial charge in [-0.2, -0.15) is 4.98 Å². The van der Waals surface area contributed by atoms with Gasteiger partial charge in [-0.3, -0.25) is 0 Å². The van der Waals surface area contributed by atoms with Gasteiger partial charge in [-0.1, -0.05) is 53.7 Å². The molecule has 4 nitrogen and oxygen atoms in total. The van der Waals surface area contributed by atoms with Crippen LogP contribution in [0.4, 0.5) is 0 Å². The van der Waals surface area contributed by atoms with Crippen LogP contribution in [0.15, 0.2) is 65.2 Å². The van der Waals surface area contributed by atoms with Gasteiger partial charge in [0.15, 0.2) is 5.82 Å². The van der Waals surface area contributed by atoms with E-state index in [2.05, 4.69) is 45.8 Å². The van der Waals surface area contributed by atoms with Gasteiger partial charge in [-0.05, 0) is 37.0 Å². The summed E-state index contributed by atoms with van der Waals surface area (Å²) in [4.78, 5) is 4.67. The zero-order chi connectivity index (χ0) is 16.7. The fourth-order valence-corrected chi connectivity index (χ4v) is 3.58. The third kappa shape index (κ3) is 2.87. The van der Waals surface area contributed by atoms with Crippen LogP contribution in [0.2, 0.25) is 0 Å². The fraction of sp³-hybridized carbons (Fsp3) is 0.333. The largest absolute Gasteiger partial charge is 0.334 e. The first-order valence-corrected chi connectivity index (χ1v) is 9.02. The van der Waals surface area contributed by atoms with Crippen molar-refractivity contribution in [1.82, 2.24) is 15.5 Å². The van der Waals surface area contributed by atoms with Crippen molar-refractivity contribution in [3.05, 3.63) is 72.1 Å². The Kier molecular flexibility index (Phi) is 3.45. The molecule has 2 aromatic carbocycles. The number of rotatable bonds is 6. The van der Waals surface area contributed by atoms with E-state index in [1.807, 2.05) is 30.3 Å². The monoisotopic (exact) mass is 331 g/mol. The molecule has 126 valence electrons. The van der Waals surface area contributed by atoms with Gasteiger partial charge in [-0.15, -0.1) is 0 Å². The molecule has 2 atom stereocenters. The normalized spacial score (nSPS) is 23.4. The molecule has 25 heavy (non-hydrogen) atoms. The van der Waals surface area contributed by atoms with Gasteiger partial charge in [0.25, 0.3) is 5.89 Å². The van der Waals surface area contributed by atoms with Gasteiger partial charge in [0.2, 0.25) is 0 Å². The average molecular weight is 331 g/mol. The molecule has 0 spiro atoms. The SMILES string of the molecule is c1ccc(-c2nc(C3(CN[C@H]4CC4c4ccccc4)CC3)no2)cc1. The molecule has 2 saturated carbocycles. The maximum Gasteiger partial charge on any atom is 0.257 e. The maximum atomic E-state index is 5.50. The Bertz CT molecular complexity index is 855. The Morgan fingerprint density at radius 1 is 1.00 bits per heavy atom. The second kappa shape index (κ2) is 5.81. The Hall–Kier alpha value is -2.46. The molecule has 1 heterocycles. The molecule has 0 saturated heterocycles. The molecule has 0 amide bonds. The van der Waals surface area contributed by atoms with Crippen molar-refractivity contribution in [3.63, 3.8) is 0 Å². The lowest BCUT2D eigenvalue weighted by Crippen LogP contribution is -2.30. The van der Waals surface area contributed by atoms with E-state index in [0.29, 0.717) is 17.9 Å². The average Bonchev–Trinajstić information content (AvgIpc) is 3.58. The lowest BCUT2D eigenvalue weighted by Gasteiger charge is -2.12. The van der Waals surface area contributed by atoms with Crippen LogP contribution in [0.3, 0.4) is 0 Å². The number of aromatic nitrogens is 2. The number of nitrogens with one attached hydrogen (secondary N) is 1. The summed E-state index contributed by atoms with van der Waals surface area (Å²) < 4.78 is 5.50. The van der Waals surface area contributed by atoms with E-state index in [0.717, 1.165) is 30.8 Å². The van der Waals surface area contributed by atoms with Crippen LogP contribution in [-0.4, -0.2) is 22.7 Å². The van der Waals surface area contributed by atoms with Crippen LogP contribution >= 0.6 is 0 Å². The van der Waals surface area contributed by atoms with Crippen LogP contribution in [0.1, 0.15) is 36.6 Å². The molecular weight excluding hydrogens is 310 g/mol. The van der Waals surface area contributed by atoms with Gasteiger partial charge < -0.3 is 9.84 Å². The van der Waals surface area contributed by atoms with E-state index < -0.39 is 0 Å². The van der Waals surface area contributed by atoms with E-state index in [1.165, 1.54) is 12.0 Å². The summed E-state index contributed by atoms with van der Waals surface area (Å²) in [6, 6.07) is 21.3. The first-order valence-electron chi connectivity index (χ1n) is 9.02. The summed E-state index contributed by atoms with van der Waals surface area (Å²) in [5.74, 6) is 2.13.